The molecule has 0 aliphatic carbocycles. The van der Waals surface area contributed by atoms with Gasteiger partial charge in [0, 0.05) is 19.1 Å². The fourth-order valence-electron chi connectivity index (χ4n) is 3.24. The van der Waals surface area contributed by atoms with Gasteiger partial charge in [-0.15, -0.1) is 0 Å². The number of hydrogen-bond acceptors (Lipinski definition) is 3. The molecule has 0 aromatic heterocycles. The van der Waals surface area contributed by atoms with Crippen LogP contribution in [0.25, 0.3) is 0 Å². The van der Waals surface area contributed by atoms with E-state index in [0.717, 1.165) is 50.9 Å². The summed E-state index contributed by atoms with van der Waals surface area (Å²) in [5.41, 5.74) is 0. The normalized spacial score (nSPS) is 31.1. The third-order valence-corrected chi connectivity index (χ3v) is 4.46. The highest BCUT2D eigenvalue weighted by Gasteiger charge is 2.39. The Balaban J connectivity index is 1.80. The van der Waals surface area contributed by atoms with Crippen LogP contribution in [-0.2, 0) is 4.79 Å². The number of rotatable bonds is 5. The van der Waals surface area contributed by atoms with Gasteiger partial charge in [0.1, 0.15) is 0 Å². The van der Waals surface area contributed by atoms with Gasteiger partial charge in [-0.1, -0.05) is 13.3 Å². The number of carbonyl (C=O) groups excluding carboxylic acids is 1. The van der Waals surface area contributed by atoms with E-state index in [1.165, 1.54) is 0 Å². The third-order valence-electron chi connectivity index (χ3n) is 4.46. The summed E-state index contributed by atoms with van der Waals surface area (Å²) >= 11 is 0. The summed E-state index contributed by atoms with van der Waals surface area (Å²) in [5, 5.41) is 6.56. The van der Waals surface area contributed by atoms with Gasteiger partial charge in [0.15, 0.2) is 0 Å². The maximum absolute atomic E-state index is 12.2. The van der Waals surface area contributed by atoms with E-state index >= 15 is 0 Å². The maximum atomic E-state index is 12.2. The van der Waals surface area contributed by atoms with Crippen molar-refractivity contribution in [3.05, 3.63) is 0 Å². The van der Waals surface area contributed by atoms with Crippen molar-refractivity contribution < 1.29 is 4.79 Å². The van der Waals surface area contributed by atoms with E-state index in [1.807, 2.05) is 6.92 Å². The number of amides is 1. The fraction of sp³-hybridized carbons (Fsp3) is 0.929. The summed E-state index contributed by atoms with van der Waals surface area (Å²) in [6.07, 6.45) is 2.18. The highest BCUT2D eigenvalue weighted by atomic mass is 16.2. The number of likely N-dealkylation sites (tertiary alicyclic amines) is 1. The van der Waals surface area contributed by atoms with E-state index < -0.39 is 0 Å². The van der Waals surface area contributed by atoms with Gasteiger partial charge in [-0.3, -0.25) is 9.69 Å². The lowest BCUT2D eigenvalue weighted by molar-refractivity contribution is -0.126. The Morgan fingerprint density at radius 3 is 2.50 bits per heavy atom. The topological polar surface area (TPSA) is 44.4 Å². The molecule has 2 N–H and O–H groups in total. The van der Waals surface area contributed by atoms with Crippen LogP contribution in [0.15, 0.2) is 0 Å². The first-order chi connectivity index (χ1) is 8.61. The molecule has 4 unspecified atom stereocenters. The minimum Gasteiger partial charge on any atom is -0.352 e. The van der Waals surface area contributed by atoms with Gasteiger partial charge in [-0.05, 0) is 45.2 Å². The number of hydrogen-bond donors (Lipinski definition) is 2. The number of carbonyl (C=O) groups is 1. The van der Waals surface area contributed by atoms with Crippen molar-refractivity contribution >= 4 is 5.91 Å². The first-order valence-electron chi connectivity index (χ1n) is 7.37. The zero-order chi connectivity index (χ0) is 13.1. The Bertz CT molecular complexity index is 283. The lowest BCUT2D eigenvalue weighted by Gasteiger charge is -2.25. The Morgan fingerprint density at radius 2 is 1.94 bits per heavy atom. The van der Waals surface area contributed by atoms with Crippen molar-refractivity contribution in [1.29, 1.82) is 0 Å². The standard InChI is InChI=1S/C14H27N3O/c1-4-5-10(2)16-14(18)11(3)17-8-12-6-15-7-13(12)9-17/h10-13,15H,4-9H2,1-3H3,(H,16,18). The molecule has 2 rings (SSSR count). The van der Waals surface area contributed by atoms with Crippen LogP contribution >= 0.6 is 0 Å². The number of nitrogens with one attached hydrogen (secondary N) is 2. The maximum Gasteiger partial charge on any atom is 0.237 e. The molecule has 0 aromatic carbocycles. The molecule has 0 spiro atoms. The van der Waals surface area contributed by atoms with E-state index in [1.54, 1.807) is 0 Å². The van der Waals surface area contributed by atoms with Crippen LogP contribution in [0.1, 0.15) is 33.6 Å². The van der Waals surface area contributed by atoms with E-state index in [-0.39, 0.29) is 11.9 Å². The molecular formula is C14H27N3O. The first-order valence-corrected chi connectivity index (χ1v) is 7.37. The molecule has 2 fully saturated rings. The van der Waals surface area contributed by atoms with Crippen molar-refractivity contribution in [2.24, 2.45) is 11.8 Å². The molecular weight excluding hydrogens is 226 g/mol. The highest BCUT2D eigenvalue weighted by molar-refractivity contribution is 5.81. The van der Waals surface area contributed by atoms with Crippen LogP contribution < -0.4 is 10.6 Å². The Kier molecular flexibility index (Phi) is 4.62. The van der Waals surface area contributed by atoms with Gasteiger partial charge in [0.05, 0.1) is 6.04 Å². The summed E-state index contributed by atoms with van der Waals surface area (Å²) in [4.78, 5) is 14.5. The van der Waals surface area contributed by atoms with Crippen molar-refractivity contribution in [3.63, 3.8) is 0 Å². The summed E-state index contributed by atoms with van der Waals surface area (Å²) in [5.74, 6) is 1.71. The fourth-order valence-corrected chi connectivity index (χ4v) is 3.24. The van der Waals surface area contributed by atoms with Crippen LogP contribution in [0.3, 0.4) is 0 Å². The first kappa shape index (κ1) is 13.8. The monoisotopic (exact) mass is 253 g/mol. The number of fused-ring (bicyclic) bond motifs is 1. The van der Waals surface area contributed by atoms with Crippen LogP contribution in [0.2, 0.25) is 0 Å². The predicted octanol–water partition coefficient (Wildman–Crippen LogP) is 0.831. The van der Waals surface area contributed by atoms with Crippen molar-refractivity contribution in [3.8, 4) is 0 Å². The summed E-state index contributed by atoms with van der Waals surface area (Å²) in [7, 11) is 0. The average molecular weight is 253 g/mol. The molecule has 2 aliphatic heterocycles. The number of nitrogens with zero attached hydrogens (tertiary/aromatic N) is 1. The Morgan fingerprint density at radius 1 is 1.33 bits per heavy atom. The summed E-state index contributed by atoms with van der Waals surface area (Å²) < 4.78 is 0. The lowest BCUT2D eigenvalue weighted by atomic mass is 10.0. The van der Waals surface area contributed by atoms with E-state index in [9.17, 15) is 4.79 Å². The highest BCUT2D eigenvalue weighted by Crippen LogP contribution is 2.27. The third kappa shape index (κ3) is 3.04. The molecule has 2 aliphatic rings. The second-order valence-corrected chi connectivity index (χ2v) is 6.01. The Hall–Kier alpha value is -0.610. The van der Waals surface area contributed by atoms with Crippen LogP contribution in [0, 0.1) is 11.8 Å². The average Bonchev–Trinajstić information content (AvgIpc) is 2.87. The van der Waals surface area contributed by atoms with Crippen LogP contribution in [0.5, 0.6) is 0 Å². The quantitative estimate of drug-likeness (QED) is 0.763. The molecule has 4 nitrogen and oxygen atoms in total. The van der Waals surface area contributed by atoms with Crippen molar-refractivity contribution in [2.45, 2.75) is 45.7 Å². The SMILES string of the molecule is CCCC(C)NC(=O)C(C)N1CC2CNCC2C1. The van der Waals surface area contributed by atoms with Gasteiger partial charge < -0.3 is 10.6 Å². The van der Waals surface area contributed by atoms with Gasteiger partial charge >= 0.3 is 0 Å². The predicted molar refractivity (Wildman–Crippen MR) is 73.4 cm³/mol. The smallest absolute Gasteiger partial charge is 0.237 e. The van der Waals surface area contributed by atoms with Crippen molar-refractivity contribution in [1.82, 2.24) is 15.5 Å². The summed E-state index contributed by atoms with van der Waals surface area (Å²) in [6, 6.07) is 0.323. The molecule has 0 bridgehead atoms. The molecule has 0 saturated carbocycles. The minimum atomic E-state index is 0.0231. The molecule has 4 heteroatoms. The molecule has 2 heterocycles. The second kappa shape index (κ2) is 6.02. The van der Waals surface area contributed by atoms with Crippen LogP contribution in [0.4, 0.5) is 0 Å². The zero-order valence-corrected chi connectivity index (χ0v) is 11.9. The molecule has 18 heavy (non-hydrogen) atoms. The van der Waals surface area contributed by atoms with Gasteiger partial charge in [0.2, 0.25) is 5.91 Å². The molecule has 0 radical (unpaired) electrons. The summed E-state index contributed by atoms with van der Waals surface area (Å²) in [6.45, 7) is 10.7. The van der Waals surface area contributed by atoms with E-state index in [0.29, 0.717) is 6.04 Å². The van der Waals surface area contributed by atoms with E-state index in [2.05, 4.69) is 29.4 Å². The molecule has 2 saturated heterocycles. The van der Waals surface area contributed by atoms with Gasteiger partial charge in [0.25, 0.3) is 0 Å². The molecule has 104 valence electrons. The molecule has 1 amide bonds. The van der Waals surface area contributed by atoms with Gasteiger partial charge in [-0.2, -0.15) is 0 Å². The molecule has 4 atom stereocenters. The zero-order valence-electron chi connectivity index (χ0n) is 11.9. The second-order valence-electron chi connectivity index (χ2n) is 6.01. The van der Waals surface area contributed by atoms with Crippen LogP contribution in [-0.4, -0.2) is 49.1 Å². The van der Waals surface area contributed by atoms with Gasteiger partial charge in [-0.25, -0.2) is 0 Å². The molecule has 0 aromatic rings. The largest absolute Gasteiger partial charge is 0.352 e. The van der Waals surface area contributed by atoms with E-state index in [4.69, 9.17) is 0 Å². The van der Waals surface area contributed by atoms with Crippen molar-refractivity contribution in [2.75, 3.05) is 26.2 Å². The lowest BCUT2D eigenvalue weighted by Crippen LogP contribution is -2.47. The Labute approximate surface area is 110 Å². The minimum absolute atomic E-state index is 0.0231.